The summed E-state index contributed by atoms with van der Waals surface area (Å²) < 4.78 is 5.13. The highest BCUT2D eigenvalue weighted by Gasteiger charge is 2.26. The zero-order chi connectivity index (χ0) is 18.5. The summed E-state index contributed by atoms with van der Waals surface area (Å²) in [6, 6.07) is 9.08. The number of benzene rings is 1. The number of ether oxygens (including phenoxy) is 1. The molecular formula is C19H24Cl2N4O3. The molecule has 0 saturated heterocycles. The Hall–Kier alpha value is -2.19. The summed E-state index contributed by atoms with van der Waals surface area (Å²) in [7, 11) is 1.54. The summed E-state index contributed by atoms with van der Waals surface area (Å²) in [4.78, 5) is 30.5. The highest BCUT2D eigenvalue weighted by Crippen LogP contribution is 2.31. The van der Waals surface area contributed by atoms with Gasteiger partial charge in [0.25, 0.3) is 5.91 Å². The van der Waals surface area contributed by atoms with E-state index in [2.05, 4.69) is 10.3 Å². The number of carbonyl (C=O) groups excluding carboxylic acids is 2. The second kappa shape index (κ2) is 11.0. The Morgan fingerprint density at radius 1 is 1.32 bits per heavy atom. The molecule has 3 rings (SSSR count). The largest absolute Gasteiger partial charge is 0.380 e. The molecule has 2 aromatic rings. The van der Waals surface area contributed by atoms with Crippen LogP contribution in [0.3, 0.4) is 0 Å². The number of carbonyl (C=O) groups is 2. The number of anilines is 2. The Morgan fingerprint density at radius 3 is 2.75 bits per heavy atom. The van der Waals surface area contributed by atoms with E-state index in [0.717, 1.165) is 17.7 Å². The third kappa shape index (κ3) is 5.42. The van der Waals surface area contributed by atoms with Crippen LogP contribution in [0.2, 0.25) is 0 Å². The van der Waals surface area contributed by atoms with Gasteiger partial charge in [-0.1, -0.05) is 0 Å². The number of pyridine rings is 1. The molecule has 9 heteroatoms. The molecule has 0 aliphatic carbocycles. The van der Waals surface area contributed by atoms with Crippen LogP contribution in [0, 0.1) is 0 Å². The van der Waals surface area contributed by atoms with Crippen molar-refractivity contribution in [2.75, 3.05) is 30.4 Å². The number of rotatable bonds is 6. The van der Waals surface area contributed by atoms with Gasteiger partial charge in [0.2, 0.25) is 5.91 Å². The summed E-state index contributed by atoms with van der Waals surface area (Å²) in [6.45, 7) is 0.902. The highest BCUT2D eigenvalue weighted by molar-refractivity contribution is 6.07. The molecule has 2 amide bonds. The van der Waals surface area contributed by atoms with Crippen LogP contribution in [-0.2, 0) is 16.0 Å². The molecule has 0 bridgehead atoms. The van der Waals surface area contributed by atoms with E-state index in [4.69, 9.17) is 10.5 Å². The van der Waals surface area contributed by atoms with Crippen molar-refractivity contribution in [1.82, 2.24) is 4.98 Å². The topological polar surface area (TPSA) is 97.5 Å². The van der Waals surface area contributed by atoms with Crippen LogP contribution in [0.5, 0.6) is 0 Å². The van der Waals surface area contributed by atoms with Crippen molar-refractivity contribution in [1.29, 1.82) is 0 Å². The van der Waals surface area contributed by atoms with Gasteiger partial charge in [0.1, 0.15) is 0 Å². The maximum Gasteiger partial charge on any atom is 0.259 e. The van der Waals surface area contributed by atoms with Gasteiger partial charge in [0.05, 0.1) is 18.1 Å². The molecule has 1 aromatic heterocycles. The van der Waals surface area contributed by atoms with E-state index in [-0.39, 0.29) is 49.2 Å². The molecule has 152 valence electrons. The number of nitrogens with two attached hydrogens (primary N) is 1. The quantitative estimate of drug-likeness (QED) is 0.738. The summed E-state index contributed by atoms with van der Waals surface area (Å²) in [5, 5.41) is 2.86. The van der Waals surface area contributed by atoms with Gasteiger partial charge in [-0.3, -0.25) is 14.6 Å². The first-order valence-electron chi connectivity index (χ1n) is 8.50. The van der Waals surface area contributed by atoms with Gasteiger partial charge in [-0.05, 0) is 42.3 Å². The molecule has 1 atom stereocenters. The Bertz CT molecular complexity index is 801. The standard InChI is InChI=1S/C19H22N4O3.2ClH/c1-26-16(11-20)10-18(24)22-15-4-5-17-13(9-15)6-8-23(17)19(25)14-3-2-7-21-12-14;;/h2-5,7,9,12,16H,6,8,10-11,20H2,1H3,(H,22,24);2*1H. The van der Waals surface area contributed by atoms with Gasteiger partial charge in [-0.15, -0.1) is 24.8 Å². The van der Waals surface area contributed by atoms with Gasteiger partial charge in [-0.25, -0.2) is 0 Å². The highest BCUT2D eigenvalue weighted by atomic mass is 35.5. The van der Waals surface area contributed by atoms with Crippen molar-refractivity contribution in [3.63, 3.8) is 0 Å². The van der Waals surface area contributed by atoms with Crippen LogP contribution >= 0.6 is 24.8 Å². The number of hydrogen-bond donors (Lipinski definition) is 2. The number of fused-ring (bicyclic) bond motifs is 1. The molecule has 1 aliphatic rings. The third-order valence-electron chi connectivity index (χ3n) is 4.42. The van der Waals surface area contributed by atoms with E-state index in [1.807, 2.05) is 12.1 Å². The number of nitrogens with zero attached hydrogens (tertiary/aromatic N) is 2. The number of halogens is 2. The molecule has 1 aromatic carbocycles. The lowest BCUT2D eigenvalue weighted by molar-refractivity contribution is -0.118. The van der Waals surface area contributed by atoms with Crippen molar-refractivity contribution < 1.29 is 14.3 Å². The molecular weight excluding hydrogens is 403 g/mol. The lowest BCUT2D eigenvalue weighted by atomic mass is 10.1. The second-order valence-corrected chi connectivity index (χ2v) is 6.14. The number of amides is 2. The molecule has 0 radical (unpaired) electrons. The number of hydrogen-bond acceptors (Lipinski definition) is 5. The fourth-order valence-electron chi connectivity index (χ4n) is 3.02. The van der Waals surface area contributed by atoms with Gasteiger partial charge >= 0.3 is 0 Å². The molecule has 0 saturated carbocycles. The summed E-state index contributed by atoms with van der Waals surface area (Å²) in [5.41, 5.74) is 8.71. The Balaban J connectivity index is 0.00000196. The van der Waals surface area contributed by atoms with E-state index in [0.29, 0.717) is 24.3 Å². The minimum Gasteiger partial charge on any atom is -0.380 e. The number of methoxy groups -OCH3 is 1. The monoisotopic (exact) mass is 426 g/mol. The van der Waals surface area contributed by atoms with Crippen molar-refractivity contribution in [2.24, 2.45) is 5.73 Å². The van der Waals surface area contributed by atoms with E-state index in [9.17, 15) is 9.59 Å². The third-order valence-corrected chi connectivity index (χ3v) is 4.42. The van der Waals surface area contributed by atoms with E-state index >= 15 is 0 Å². The lowest BCUT2D eigenvalue weighted by Gasteiger charge is -2.18. The average molecular weight is 427 g/mol. The van der Waals surface area contributed by atoms with Gasteiger partial charge in [0, 0.05) is 44.0 Å². The first-order valence-corrected chi connectivity index (χ1v) is 8.50. The predicted octanol–water partition coefficient (Wildman–Crippen LogP) is 2.43. The Morgan fingerprint density at radius 2 is 2.11 bits per heavy atom. The lowest BCUT2D eigenvalue weighted by Crippen LogP contribution is -2.29. The molecule has 1 aliphatic heterocycles. The van der Waals surface area contributed by atoms with Crippen molar-refractivity contribution in [2.45, 2.75) is 18.9 Å². The fourth-order valence-corrected chi connectivity index (χ4v) is 3.02. The normalized spacial score (nSPS) is 13.0. The molecule has 1 unspecified atom stereocenters. The molecule has 0 fully saturated rings. The minimum absolute atomic E-state index is 0. The van der Waals surface area contributed by atoms with Gasteiger partial charge in [0.15, 0.2) is 0 Å². The maximum atomic E-state index is 12.7. The van der Waals surface area contributed by atoms with Gasteiger partial charge < -0.3 is 20.7 Å². The molecule has 7 nitrogen and oxygen atoms in total. The first kappa shape index (κ1) is 23.8. The zero-order valence-electron chi connectivity index (χ0n) is 15.5. The Labute approximate surface area is 176 Å². The fraction of sp³-hybridized carbons (Fsp3) is 0.316. The van der Waals surface area contributed by atoms with Crippen LogP contribution in [-0.4, -0.2) is 43.1 Å². The van der Waals surface area contributed by atoms with Gasteiger partial charge in [-0.2, -0.15) is 0 Å². The van der Waals surface area contributed by atoms with E-state index in [1.54, 1.807) is 35.5 Å². The molecule has 0 spiro atoms. The smallest absolute Gasteiger partial charge is 0.259 e. The number of nitrogens with one attached hydrogen (secondary N) is 1. The van der Waals surface area contributed by atoms with Crippen molar-refractivity contribution in [3.05, 3.63) is 53.9 Å². The second-order valence-electron chi connectivity index (χ2n) is 6.14. The average Bonchev–Trinajstić information content (AvgIpc) is 3.09. The summed E-state index contributed by atoms with van der Waals surface area (Å²) >= 11 is 0. The van der Waals surface area contributed by atoms with Crippen LogP contribution in [0.15, 0.2) is 42.7 Å². The van der Waals surface area contributed by atoms with Crippen LogP contribution < -0.4 is 16.0 Å². The van der Waals surface area contributed by atoms with Crippen LogP contribution in [0.25, 0.3) is 0 Å². The summed E-state index contributed by atoms with van der Waals surface area (Å²) in [6.07, 6.45) is 3.86. The zero-order valence-corrected chi connectivity index (χ0v) is 17.1. The van der Waals surface area contributed by atoms with Crippen molar-refractivity contribution in [3.8, 4) is 0 Å². The minimum atomic E-state index is -0.294. The Kier molecular flexibility index (Phi) is 9.34. The van der Waals surface area contributed by atoms with Crippen molar-refractivity contribution >= 4 is 48.0 Å². The SMILES string of the molecule is COC(CN)CC(=O)Nc1ccc2c(c1)CCN2C(=O)c1cccnc1.Cl.Cl. The maximum absolute atomic E-state index is 12.7. The van der Waals surface area contributed by atoms with E-state index < -0.39 is 0 Å². The molecule has 3 N–H and O–H groups in total. The molecule has 28 heavy (non-hydrogen) atoms. The van der Waals surface area contributed by atoms with E-state index in [1.165, 1.54) is 7.11 Å². The predicted molar refractivity (Wildman–Crippen MR) is 114 cm³/mol. The summed E-state index contributed by atoms with van der Waals surface area (Å²) in [5.74, 6) is -0.219. The number of aromatic nitrogens is 1. The van der Waals surface area contributed by atoms with Crippen LogP contribution in [0.4, 0.5) is 11.4 Å². The van der Waals surface area contributed by atoms with Crippen LogP contribution in [0.1, 0.15) is 22.3 Å². The molecule has 2 heterocycles. The first-order chi connectivity index (χ1) is 12.6.